The molecule has 3 N–H and O–H groups in total. The number of anilines is 2. The Labute approximate surface area is 208 Å². The number of nitrogen functional groups attached to an aromatic ring is 1. The Kier molecular flexibility index (Phi) is 8.08. The number of hydrogen-bond donors (Lipinski definition) is 2. The minimum atomic E-state index is -0.700. The van der Waals surface area contributed by atoms with Crippen LogP contribution < -0.4 is 16.0 Å². The molecule has 3 rings (SSSR count). The highest BCUT2D eigenvalue weighted by molar-refractivity contribution is 5.74. The van der Waals surface area contributed by atoms with Crippen molar-refractivity contribution in [3.8, 4) is 0 Å². The highest BCUT2D eigenvalue weighted by atomic mass is 16.6. The highest BCUT2D eigenvalue weighted by Gasteiger charge is 2.38. The van der Waals surface area contributed by atoms with E-state index in [0.29, 0.717) is 25.3 Å². The van der Waals surface area contributed by atoms with Crippen LogP contribution in [0.3, 0.4) is 0 Å². The second-order valence-corrected chi connectivity index (χ2v) is 11.6. The van der Waals surface area contributed by atoms with Gasteiger partial charge < -0.3 is 25.4 Å². The van der Waals surface area contributed by atoms with Gasteiger partial charge in [0.2, 0.25) is 0 Å². The molecule has 0 radical (unpaired) electrons. The van der Waals surface area contributed by atoms with E-state index in [-0.39, 0.29) is 11.8 Å². The molecule has 2 amide bonds. The molecule has 0 aliphatic carbocycles. The first-order chi connectivity index (χ1) is 16.2. The van der Waals surface area contributed by atoms with E-state index in [1.807, 2.05) is 48.6 Å². The summed E-state index contributed by atoms with van der Waals surface area (Å²) in [5.74, 6) is 1.21. The number of aryl methyl sites for hydroxylation is 1. The van der Waals surface area contributed by atoms with Gasteiger partial charge in [0.25, 0.3) is 0 Å². The lowest BCUT2D eigenvalue weighted by Crippen LogP contribution is -2.55. The fourth-order valence-corrected chi connectivity index (χ4v) is 4.54. The normalized spacial score (nSPS) is 20.7. The number of ether oxygens (including phenoxy) is 2. The molecule has 2 atom stereocenters. The zero-order valence-corrected chi connectivity index (χ0v) is 22.3. The van der Waals surface area contributed by atoms with Crippen LogP contribution in [0.2, 0.25) is 0 Å². The number of nitrogens with two attached hydrogens (primary N) is 1. The highest BCUT2D eigenvalue weighted by Crippen LogP contribution is 2.29. The molecular weight excluding hydrogens is 450 g/mol. The second kappa shape index (κ2) is 10.5. The summed E-state index contributed by atoms with van der Waals surface area (Å²) in [6.45, 7) is 14.8. The van der Waals surface area contributed by atoms with Gasteiger partial charge in [0.05, 0.1) is 25.0 Å². The van der Waals surface area contributed by atoms with Crippen LogP contribution in [0.1, 0.15) is 54.4 Å². The Bertz CT molecular complexity index is 864. The van der Waals surface area contributed by atoms with E-state index in [1.165, 1.54) is 10.0 Å². The van der Waals surface area contributed by atoms with Crippen LogP contribution >= 0.6 is 0 Å². The van der Waals surface area contributed by atoms with Crippen molar-refractivity contribution in [1.82, 2.24) is 25.1 Å². The summed E-state index contributed by atoms with van der Waals surface area (Å²) < 4.78 is 13.2. The van der Waals surface area contributed by atoms with Crippen molar-refractivity contribution in [2.24, 2.45) is 18.9 Å². The summed E-state index contributed by atoms with van der Waals surface area (Å²) in [5, 5.41) is 10.5. The van der Waals surface area contributed by atoms with Gasteiger partial charge >= 0.3 is 12.2 Å². The van der Waals surface area contributed by atoms with Crippen LogP contribution in [-0.4, -0.2) is 82.5 Å². The van der Waals surface area contributed by atoms with Crippen LogP contribution in [0.25, 0.3) is 0 Å². The van der Waals surface area contributed by atoms with E-state index >= 15 is 0 Å². The second-order valence-electron chi connectivity index (χ2n) is 11.6. The maximum absolute atomic E-state index is 13.4. The molecule has 11 heteroatoms. The Morgan fingerprint density at radius 2 is 1.63 bits per heavy atom. The Morgan fingerprint density at radius 1 is 1.06 bits per heavy atom. The predicted octanol–water partition coefficient (Wildman–Crippen LogP) is 2.83. The number of amides is 2. The number of hydrogen-bond acceptors (Lipinski definition) is 8. The number of carbonyl (C=O) groups excluding carboxylic acids is 2. The third-order valence-corrected chi connectivity index (χ3v) is 6.04. The zero-order chi connectivity index (χ0) is 26.0. The Morgan fingerprint density at radius 3 is 2.09 bits per heavy atom. The molecule has 198 valence electrons. The van der Waals surface area contributed by atoms with Crippen molar-refractivity contribution in [2.75, 3.05) is 49.9 Å². The summed E-state index contributed by atoms with van der Waals surface area (Å²) in [7, 11) is 1.87. The minimum Gasteiger partial charge on any atom is -0.442 e. The molecular formula is C24H43N7O4. The summed E-state index contributed by atoms with van der Waals surface area (Å²) in [6, 6.07) is 0. The van der Waals surface area contributed by atoms with Crippen LogP contribution in [0.4, 0.5) is 21.1 Å². The van der Waals surface area contributed by atoms with Crippen molar-refractivity contribution in [3.05, 3.63) is 6.20 Å². The van der Waals surface area contributed by atoms with Gasteiger partial charge in [0.1, 0.15) is 17.0 Å². The number of nitrogens with zero attached hydrogens (tertiary/aromatic N) is 5. The van der Waals surface area contributed by atoms with Crippen LogP contribution in [-0.2, 0) is 16.5 Å². The molecule has 2 fully saturated rings. The summed E-state index contributed by atoms with van der Waals surface area (Å²) >= 11 is 0. The molecule has 2 saturated heterocycles. The smallest absolute Gasteiger partial charge is 0.429 e. The molecule has 0 saturated carbocycles. The monoisotopic (exact) mass is 493 g/mol. The van der Waals surface area contributed by atoms with Crippen LogP contribution in [0, 0.1) is 11.8 Å². The number of rotatable bonds is 5. The maximum Gasteiger partial charge on any atom is 0.429 e. The van der Waals surface area contributed by atoms with Gasteiger partial charge in [-0.3, -0.25) is 4.68 Å². The van der Waals surface area contributed by atoms with Gasteiger partial charge in [-0.15, -0.1) is 0 Å². The lowest BCUT2D eigenvalue weighted by Gasteiger charge is -2.38. The fourth-order valence-electron chi connectivity index (χ4n) is 4.54. The third-order valence-electron chi connectivity index (χ3n) is 6.04. The number of aromatic nitrogens is 2. The van der Waals surface area contributed by atoms with Gasteiger partial charge in [-0.2, -0.15) is 5.10 Å². The Hall–Kier alpha value is -2.69. The molecule has 2 aliphatic heterocycles. The van der Waals surface area contributed by atoms with Crippen molar-refractivity contribution < 1.29 is 19.1 Å². The molecule has 0 spiro atoms. The number of nitrogens with one attached hydrogen (secondary N) is 1. The first-order valence-corrected chi connectivity index (χ1v) is 12.5. The average Bonchev–Trinajstić information content (AvgIpc) is 3.44. The fraction of sp³-hybridized carbons (Fsp3) is 0.792. The SMILES string of the molecule is Cn1ncc(N)c1N1CCC(CN(C(=O)OC(C)(C)C)N(CC2CCNC2)C(=O)OC(C)(C)C)C1. The molecule has 1 aromatic rings. The lowest BCUT2D eigenvalue weighted by molar-refractivity contribution is -0.0709. The molecule has 2 unspecified atom stereocenters. The van der Waals surface area contributed by atoms with E-state index in [0.717, 1.165) is 38.3 Å². The first kappa shape index (κ1) is 26.9. The summed E-state index contributed by atoms with van der Waals surface area (Å²) in [5.41, 5.74) is 5.37. The van der Waals surface area contributed by atoms with Gasteiger partial charge in [-0.1, -0.05) is 0 Å². The van der Waals surface area contributed by atoms with Crippen molar-refractivity contribution in [1.29, 1.82) is 0 Å². The van der Waals surface area contributed by atoms with Gasteiger partial charge in [-0.25, -0.2) is 19.6 Å². The molecule has 35 heavy (non-hydrogen) atoms. The van der Waals surface area contributed by atoms with Crippen LogP contribution in [0.5, 0.6) is 0 Å². The summed E-state index contributed by atoms with van der Waals surface area (Å²) in [6.07, 6.45) is 2.33. The number of carbonyl (C=O) groups is 2. The average molecular weight is 494 g/mol. The van der Waals surface area contributed by atoms with Crippen LogP contribution in [0.15, 0.2) is 6.20 Å². The third kappa shape index (κ3) is 7.39. The lowest BCUT2D eigenvalue weighted by atomic mass is 10.1. The standard InChI is InChI=1S/C24H43N7O4/c1-23(2,3)34-21(32)30(15-17-8-10-26-12-17)31(22(33)35-24(4,5)6)16-18-9-11-29(14-18)20-19(25)13-27-28(20)7/h13,17-18,26H,8-12,14-16,25H2,1-7H3. The van der Waals surface area contributed by atoms with Crippen molar-refractivity contribution >= 4 is 23.7 Å². The molecule has 11 nitrogen and oxygen atoms in total. The molecule has 0 bridgehead atoms. The topological polar surface area (TPSA) is 118 Å². The van der Waals surface area contributed by atoms with E-state index in [4.69, 9.17) is 15.2 Å². The molecule has 1 aromatic heterocycles. The molecule has 2 aliphatic rings. The van der Waals surface area contributed by atoms with E-state index in [9.17, 15) is 9.59 Å². The van der Waals surface area contributed by atoms with Crippen molar-refractivity contribution in [3.63, 3.8) is 0 Å². The van der Waals surface area contributed by atoms with E-state index in [2.05, 4.69) is 15.3 Å². The molecule has 3 heterocycles. The molecule has 0 aromatic carbocycles. The van der Waals surface area contributed by atoms with E-state index in [1.54, 1.807) is 10.9 Å². The maximum atomic E-state index is 13.4. The quantitative estimate of drug-likeness (QED) is 0.601. The first-order valence-electron chi connectivity index (χ1n) is 12.5. The van der Waals surface area contributed by atoms with Gasteiger partial charge in [0.15, 0.2) is 0 Å². The largest absolute Gasteiger partial charge is 0.442 e. The predicted molar refractivity (Wildman–Crippen MR) is 135 cm³/mol. The van der Waals surface area contributed by atoms with E-state index < -0.39 is 23.4 Å². The van der Waals surface area contributed by atoms with Gasteiger partial charge in [0, 0.05) is 20.1 Å². The number of hydrazine groups is 1. The summed E-state index contributed by atoms with van der Waals surface area (Å²) in [4.78, 5) is 29.0. The zero-order valence-electron chi connectivity index (χ0n) is 22.3. The van der Waals surface area contributed by atoms with Gasteiger partial charge in [-0.05, 0) is 79.3 Å². The Balaban J connectivity index is 1.84. The minimum absolute atomic E-state index is 0.114. The van der Waals surface area contributed by atoms with Crippen molar-refractivity contribution in [2.45, 2.75) is 65.6 Å².